The number of aromatic hydroxyl groups is 1. The van der Waals surface area contributed by atoms with Gasteiger partial charge in [-0.15, -0.1) is 0 Å². The minimum atomic E-state index is -0.256. The fourth-order valence-electron chi connectivity index (χ4n) is 2.09. The van der Waals surface area contributed by atoms with Gasteiger partial charge in [0, 0.05) is 5.92 Å². The second-order valence-electron chi connectivity index (χ2n) is 4.58. The van der Waals surface area contributed by atoms with E-state index in [1.807, 2.05) is 6.07 Å². The highest BCUT2D eigenvalue weighted by Crippen LogP contribution is 2.25. The molecule has 0 heterocycles. The lowest BCUT2D eigenvalue weighted by Crippen LogP contribution is -2.15. The van der Waals surface area contributed by atoms with Crippen LogP contribution in [0.5, 0.6) is 5.75 Å². The van der Waals surface area contributed by atoms with Crippen LogP contribution in [-0.4, -0.2) is 11.7 Å². The van der Waals surface area contributed by atoms with E-state index in [1.165, 1.54) is 12.1 Å². The maximum atomic E-state index is 12.9. The first-order valence-electron chi connectivity index (χ1n) is 6.13. The molecule has 0 aliphatic rings. The average molecular weight is 260 g/mol. The Morgan fingerprint density at radius 2 is 1.79 bits per heavy atom. The van der Waals surface area contributed by atoms with Crippen molar-refractivity contribution in [2.75, 3.05) is 12.3 Å². The van der Waals surface area contributed by atoms with Gasteiger partial charge in [0.2, 0.25) is 0 Å². The third-order valence-corrected chi connectivity index (χ3v) is 3.20. The van der Waals surface area contributed by atoms with Gasteiger partial charge < -0.3 is 16.6 Å². The number of rotatable bonds is 4. The Labute approximate surface area is 111 Å². The second kappa shape index (κ2) is 5.71. The molecule has 0 fully saturated rings. The maximum absolute atomic E-state index is 12.9. The Bertz CT molecular complexity index is 555. The van der Waals surface area contributed by atoms with E-state index < -0.39 is 0 Å². The highest BCUT2D eigenvalue weighted by Gasteiger charge is 2.11. The zero-order valence-electron chi connectivity index (χ0n) is 10.5. The number of phenolic OH excluding ortho intramolecular Hbond substituents is 1. The van der Waals surface area contributed by atoms with E-state index in [2.05, 4.69) is 0 Å². The summed E-state index contributed by atoms with van der Waals surface area (Å²) in [4.78, 5) is 0. The summed E-state index contributed by atoms with van der Waals surface area (Å²) in [6.45, 7) is 0.465. The molecular formula is C15H17FN2O. The molecule has 3 nitrogen and oxygen atoms in total. The van der Waals surface area contributed by atoms with E-state index >= 15 is 0 Å². The molecule has 0 aliphatic heterocycles. The molecule has 19 heavy (non-hydrogen) atoms. The first-order valence-corrected chi connectivity index (χ1v) is 6.13. The van der Waals surface area contributed by atoms with Crippen LogP contribution in [0.1, 0.15) is 17.0 Å². The van der Waals surface area contributed by atoms with Gasteiger partial charge in [0.15, 0.2) is 0 Å². The van der Waals surface area contributed by atoms with Crippen molar-refractivity contribution in [2.24, 2.45) is 5.73 Å². The first-order chi connectivity index (χ1) is 9.10. The van der Waals surface area contributed by atoms with Crippen LogP contribution >= 0.6 is 0 Å². The van der Waals surface area contributed by atoms with Crippen LogP contribution in [0.15, 0.2) is 42.5 Å². The van der Waals surface area contributed by atoms with Crippen molar-refractivity contribution in [3.63, 3.8) is 0 Å². The molecule has 1 unspecified atom stereocenters. The summed E-state index contributed by atoms with van der Waals surface area (Å²) in [5, 5.41) is 9.39. The molecule has 0 spiro atoms. The monoisotopic (exact) mass is 260 g/mol. The van der Waals surface area contributed by atoms with Crippen molar-refractivity contribution in [3.05, 3.63) is 59.4 Å². The fraction of sp³-hybridized carbons (Fsp3) is 0.200. The summed E-state index contributed by atoms with van der Waals surface area (Å²) in [6, 6.07) is 11.5. The average Bonchev–Trinajstić information content (AvgIpc) is 2.41. The van der Waals surface area contributed by atoms with Crippen molar-refractivity contribution < 1.29 is 9.50 Å². The van der Waals surface area contributed by atoms with E-state index in [0.29, 0.717) is 18.7 Å². The summed E-state index contributed by atoms with van der Waals surface area (Å²) < 4.78 is 12.9. The molecule has 4 heteroatoms. The lowest BCUT2D eigenvalue weighted by atomic mass is 9.92. The standard InChI is InChI=1S/C15H17FN2O/c16-13-4-2-11(3-5-13)12(9-17)7-10-1-6-15(19)14(18)8-10/h1-6,8,12,19H,7,9,17-18H2. The predicted molar refractivity (Wildman–Crippen MR) is 74.4 cm³/mol. The maximum Gasteiger partial charge on any atom is 0.138 e. The normalized spacial score (nSPS) is 12.3. The SMILES string of the molecule is NCC(Cc1ccc(O)c(N)c1)c1ccc(F)cc1. The zero-order valence-corrected chi connectivity index (χ0v) is 10.5. The van der Waals surface area contributed by atoms with Crippen LogP contribution in [0, 0.1) is 5.82 Å². The largest absolute Gasteiger partial charge is 0.506 e. The van der Waals surface area contributed by atoms with Crippen molar-refractivity contribution in [1.82, 2.24) is 0 Å². The Morgan fingerprint density at radius 1 is 1.11 bits per heavy atom. The summed E-state index contributed by atoms with van der Waals surface area (Å²) >= 11 is 0. The molecule has 2 rings (SSSR count). The van der Waals surface area contributed by atoms with Gasteiger partial charge in [0.1, 0.15) is 11.6 Å². The van der Waals surface area contributed by atoms with Crippen LogP contribution in [0.2, 0.25) is 0 Å². The molecule has 0 aromatic heterocycles. The summed E-state index contributed by atoms with van der Waals surface area (Å²) in [5.74, 6) is -0.0761. The van der Waals surface area contributed by atoms with Crippen molar-refractivity contribution >= 4 is 5.69 Å². The van der Waals surface area contributed by atoms with Gasteiger partial charge in [-0.25, -0.2) is 4.39 Å². The zero-order chi connectivity index (χ0) is 13.8. The van der Waals surface area contributed by atoms with E-state index in [4.69, 9.17) is 11.5 Å². The fourth-order valence-corrected chi connectivity index (χ4v) is 2.09. The summed E-state index contributed by atoms with van der Waals surface area (Å²) in [7, 11) is 0. The molecule has 0 aliphatic carbocycles. The molecule has 2 aromatic rings. The van der Waals surface area contributed by atoms with Crippen LogP contribution in [0.3, 0.4) is 0 Å². The molecule has 0 saturated carbocycles. The number of nitrogen functional groups attached to an aromatic ring is 1. The van der Waals surface area contributed by atoms with Gasteiger partial charge in [0.25, 0.3) is 0 Å². The number of phenols is 1. The number of halogens is 1. The molecule has 0 radical (unpaired) electrons. The number of hydrogen-bond donors (Lipinski definition) is 3. The number of benzene rings is 2. The van der Waals surface area contributed by atoms with Gasteiger partial charge in [0.05, 0.1) is 5.69 Å². The Balaban J connectivity index is 2.18. The van der Waals surface area contributed by atoms with Crippen molar-refractivity contribution in [3.8, 4) is 5.75 Å². The highest BCUT2D eigenvalue weighted by molar-refractivity contribution is 5.53. The van der Waals surface area contributed by atoms with Crippen molar-refractivity contribution in [1.29, 1.82) is 0 Å². The topological polar surface area (TPSA) is 72.3 Å². The molecule has 0 saturated heterocycles. The van der Waals surface area contributed by atoms with Crippen LogP contribution in [-0.2, 0) is 6.42 Å². The van der Waals surface area contributed by atoms with Crippen molar-refractivity contribution in [2.45, 2.75) is 12.3 Å². The summed E-state index contributed by atoms with van der Waals surface area (Å²) in [6.07, 6.45) is 0.701. The quantitative estimate of drug-likeness (QED) is 0.584. The lowest BCUT2D eigenvalue weighted by molar-refractivity contribution is 0.477. The number of hydrogen-bond acceptors (Lipinski definition) is 3. The third-order valence-electron chi connectivity index (χ3n) is 3.20. The van der Waals surface area contributed by atoms with Crippen LogP contribution < -0.4 is 11.5 Å². The third kappa shape index (κ3) is 3.23. The van der Waals surface area contributed by atoms with E-state index in [9.17, 15) is 9.50 Å². The number of nitrogens with two attached hydrogens (primary N) is 2. The van der Waals surface area contributed by atoms with Crippen LogP contribution in [0.4, 0.5) is 10.1 Å². The molecule has 0 bridgehead atoms. The Kier molecular flexibility index (Phi) is 4.02. The smallest absolute Gasteiger partial charge is 0.138 e. The molecular weight excluding hydrogens is 243 g/mol. The molecule has 5 N–H and O–H groups in total. The lowest BCUT2D eigenvalue weighted by Gasteiger charge is -2.16. The van der Waals surface area contributed by atoms with Gasteiger partial charge >= 0.3 is 0 Å². The first kappa shape index (κ1) is 13.4. The van der Waals surface area contributed by atoms with E-state index in [0.717, 1.165) is 11.1 Å². The predicted octanol–water partition coefficient (Wildman–Crippen LogP) is 2.40. The Morgan fingerprint density at radius 3 is 2.37 bits per heavy atom. The van der Waals surface area contributed by atoms with Gasteiger partial charge in [-0.1, -0.05) is 18.2 Å². The molecule has 0 amide bonds. The molecule has 1 atom stereocenters. The van der Waals surface area contributed by atoms with E-state index in [-0.39, 0.29) is 17.5 Å². The van der Waals surface area contributed by atoms with E-state index in [1.54, 1.807) is 24.3 Å². The molecule has 100 valence electrons. The van der Waals surface area contributed by atoms with Gasteiger partial charge in [-0.2, -0.15) is 0 Å². The van der Waals surface area contributed by atoms with Gasteiger partial charge in [-0.05, 0) is 48.4 Å². The minimum Gasteiger partial charge on any atom is -0.506 e. The van der Waals surface area contributed by atoms with Crippen LogP contribution in [0.25, 0.3) is 0 Å². The molecule has 2 aromatic carbocycles. The Hall–Kier alpha value is -2.07. The highest BCUT2D eigenvalue weighted by atomic mass is 19.1. The minimum absolute atomic E-state index is 0.0785. The van der Waals surface area contributed by atoms with Gasteiger partial charge in [-0.3, -0.25) is 0 Å². The number of anilines is 1. The second-order valence-corrected chi connectivity index (χ2v) is 4.58. The summed E-state index contributed by atoms with van der Waals surface area (Å²) in [5.41, 5.74) is 13.8.